The first-order valence-corrected chi connectivity index (χ1v) is 6.51. The standard InChI is InChI=1S/C16H18FNO/c1-2-11-18-12-13-3-7-15(8-4-13)19-16-9-5-14(17)6-10-16/h3-10,18H,2,11-12H2,1H3. The summed E-state index contributed by atoms with van der Waals surface area (Å²) >= 11 is 0. The average Bonchev–Trinajstić information content (AvgIpc) is 2.44. The smallest absolute Gasteiger partial charge is 0.127 e. The van der Waals surface area contributed by atoms with Crippen molar-refractivity contribution in [2.45, 2.75) is 19.9 Å². The van der Waals surface area contributed by atoms with Crippen molar-refractivity contribution in [1.29, 1.82) is 0 Å². The minimum atomic E-state index is -0.260. The molecule has 0 atom stereocenters. The van der Waals surface area contributed by atoms with Crippen LogP contribution in [-0.4, -0.2) is 6.54 Å². The summed E-state index contributed by atoms with van der Waals surface area (Å²) in [5.41, 5.74) is 1.22. The summed E-state index contributed by atoms with van der Waals surface area (Å²) < 4.78 is 18.4. The fourth-order valence-electron chi connectivity index (χ4n) is 1.72. The van der Waals surface area contributed by atoms with Crippen molar-refractivity contribution < 1.29 is 9.13 Å². The van der Waals surface area contributed by atoms with Crippen LogP contribution in [0.4, 0.5) is 4.39 Å². The van der Waals surface area contributed by atoms with Crippen LogP contribution in [0.1, 0.15) is 18.9 Å². The molecule has 2 aromatic carbocycles. The molecule has 100 valence electrons. The second kappa shape index (κ2) is 6.90. The van der Waals surface area contributed by atoms with Crippen molar-refractivity contribution in [3.8, 4) is 11.5 Å². The molecule has 0 aliphatic heterocycles. The van der Waals surface area contributed by atoms with Gasteiger partial charge in [-0.1, -0.05) is 19.1 Å². The molecular weight excluding hydrogens is 241 g/mol. The van der Waals surface area contributed by atoms with Gasteiger partial charge in [0.15, 0.2) is 0 Å². The largest absolute Gasteiger partial charge is 0.457 e. The lowest BCUT2D eigenvalue weighted by Crippen LogP contribution is -2.13. The lowest BCUT2D eigenvalue weighted by Gasteiger charge is -2.07. The Morgan fingerprint density at radius 1 is 0.947 bits per heavy atom. The summed E-state index contributed by atoms with van der Waals surface area (Å²) in [6, 6.07) is 13.9. The van der Waals surface area contributed by atoms with Crippen LogP contribution in [0.25, 0.3) is 0 Å². The van der Waals surface area contributed by atoms with E-state index in [-0.39, 0.29) is 5.82 Å². The fourth-order valence-corrected chi connectivity index (χ4v) is 1.72. The number of benzene rings is 2. The maximum atomic E-state index is 12.8. The maximum absolute atomic E-state index is 12.8. The van der Waals surface area contributed by atoms with E-state index in [1.54, 1.807) is 12.1 Å². The van der Waals surface area contributed by atoms with E-state index >= 15 is 0 Å². The van der Waals surface area contributed by atoms with Crippen LogP contribution in [0.2, 0.25) is 0 Å². The Morgan fingerprint density at radius 3 is 2.11 bits per heavy atom. The van der Waals surface area contributed by atoms with Crippen molar-refractivity contribution in [3.05, 3.63) is 59.9 Å². The third-order valence-electron chi connectivity index (χ3n) is 2.73. The quantitative estimate of drug-likeness (QED) is 0.788. The summed E-state index contributed by atoms with van der Waals surface area (Å²) in [7, 11) is 0. The molecule has 0 aromatic heterocycles. The summed E-state index contributed by atoms with van der Waals surface area (Å²) in [4.78, 5) is 0. The lowest BCUT2D eigenvalue weighted by molar-refractivity contribution is 0.480. The number of hydrogen-bond donors (Lipinski definition) is 1. The van der Waals surface area contributed by atoms with Crippen molar-refractivity contribution in [1.82, 2.24) is 5.32 Å². The van der Waals surface area contributed by atoms with Crippen LogP contribution in [0.5, 0.6) is 11.5 Å². The molecule has 0 aliphatic carbocycles. The van der Waals surface area contributed by atoms with Gasteiger partial charge in [0.05, 0.1) is 0 Å². The fraction of sp³-hybridized carbons (Fsp3) is 0.250. The molecule has 2 nitrogen and oxygen atoms in total. The topological polar surface area (TPSA) is 21.3 Å². The first-order valence-electron chi connectivity index (χ1n) is 6.51. The summed E-state index contributed by atoms with van der Waals surface area (Å²) in [6.07, 6.45) is 1.13. The van der Waals surface area contributed by atoms with E-state index in [1.807, 2.05) is 24.3 Å². The van der Waals surface area contributed by atoms with Crippen LogP contribution in [0.15, 0.2) is 48.5 Å². The average molecular weight is 259 g/mol. The third kappa shape index (κ3) is 4.38. The number of ether oxygens (including phenoxy) is 1. The molecule has 0 heterocycles. The molecule has 3 heteroatoms. The maximum Gasteiger partial charge on any atom is 0.127 e. The van der Waals surface area contributed by atoms with E-state index in [9.17, 15) is 4.39 Å². The van der Waals surface area contributed by atoms with Gasteiger partial charge in [0, 0.05) is 6.54 Å². The van der Waals surface area contributed by atoms with Crippen LogP contribution >= 0.6 is 0 Å². The number of rotatable bonds is 6. The minimum Gasteiger partial charge on any atom is -0.457 e. The molecule has 0 amide bonds. The molecule has 0 saturated heterocycles. The number of halogens is 1. The van der Waals surface area contributed by atoms with Crippen molar-refractivity contribution >= 4 is 0 Å². The summed E-state index contributed by atoms with van der Waals surface area (Å²) in [5, 5.41) is 3.34. The van der Waals surface area contributed by atoms with Crippen molar-refractivity contribution in [2.75, 3.05) is 6.54 Å². The van der Waals surface area contributed by atoms with Crippen LogP contribution in [0.3, 0.4) is 0 Å². The Hall–Kier alpha value is -1.87. The van der Waals surface area contributed by atoms with Crippen LogP contribution < -0.4 is 10.1 Å². The lowest BCUT2D eigenvalue weighted by atomic mass is 10.2. The zero-order valence-electron chi connectivity index (χ0n) is 11.0. The van der Waals surface area contributed by atoms with Gasteiger partial charge >= 0.3 is 0 Å². The highest BCUT2D eigenvalue weighted by Gasteiger charge is 1.98. The summed E-state index contributed by atoms with van der Waals surface area (Å²) in [6.45, 7) is 4.03. The van der Waals surface area contributed by atoms with E-state index in [4.69, 9.17) is 4.74 Å². The van der Waals surface area contributed by atoms with Gasteiger partial charge in [0.1, 0.15) is 17.3 Å². The van der Waals surface area contributed by atoms with Gasteiger partial charge in [0.25, 0.3) is 0 Å². The molecule has 0 radical (unpaired) electrons. The normalized spacial score (nSPS) is 10.4. The minimum absolute atomic E-state index is 0.260. The molecule has 2 aromatic rings. The van der Waals surface area contributed by atoms with Gasteiger partial charge < -0.3 is 10.1 Å². The molecule has 0 aliphatic rings. The number of nitrogens with one attached hydrogen (secondary N) is 1. The molecule has 0 fully saturated rings. The molecule has 19 heavy (non-hydrogen) atoms. The third-order valence-corrected chi connectivity index (χ3v) is 2.73. The van der Waals surface area contributed by atoms with Gasteiger partial charge in [-0.25, -0.2) is 4.39 Å². The zero-order valence-corrected chi connectivity index (χ0v) is 11.0. The first-order chi connectivity index (χ1) is 9.28. The predicted octanol–water partition coefficient (Wildman–Crippen LogP) is 4.12. The molecule has 0 unspecified atom stereocenters. The van der Waals surface area contributed by atoms with Crippen molar-refractivity contribution in [3.63, 3.8) is 0 Å². The van der Waals surface area contributed by atoms with E-state index in [0.29, 0.717) is 5.75 Å². The van der Waals surface area contributed by atoms with Gasteiger partial charge in [-0.15, -0.1) is 0 Å². The summed E-state index contributed by atoms with van der Waals surface area (Å²) in [5.74, 6) is 1.13. The van der Waals surface area contributed by atoms with E-state index in [0.717, 1.165) is 25.3 Å². The van der Waals surface area contributed by atoms with Gasteiger partial charge in [0.2, 0.25) is 0 Å². The van der Waals surface area contributed by atoms with Gasteiger partial charge in [-0.05, 0) is 54.9 Å². The first kappa shape index (κ1) is 13.6. The van der Waals surface area contributed by atoms with E-state index in [1.165, 1.54) is 17.7 Å². The molecule has 2 rings (SSSR count). The highest BCUT2D eigenvalue weighted by Crippen LogP contribution is 2.21. The Bertz CT molecular complexity index is 493. The highest BCUT2D eigenvalue weighted by atomic mass is 19.1. The van der Waals surface area contributed by atoms with Gasteiger partial charge in [-0.3, -0.25) is 0 Å². The van der Waals surface area contributed by atoms with E-state index in [2.05, 4.69) is 12.2 Å². The number of hydrogen-bond acceptors (Lipinski definition) is 2. The SMILES string of the molecule is CCCNCc1ccc(Oc2ccc(F)cc2)cc1. The molecular formula is C16H18FNO. The molecule has 0 saturated carbocycles. The Labute approximate surface area is 113 Å². The molecule has 0 bridgehead atoms. The monoisotopic (exact) mass is 259 g/mol. The van der Waals surface area contributed by atoms with Gasteiger partial charge in [-0.2, -0.15) is 0 Å². The molecule has 0 spiro atoms. The van der Waals surface area contributed by atoms with Crippen molar-refractivity contribution in [2.24, 2.45) is 0 Å². The Morgan fingerprint density at radius 2 is 1.53 bits per heavy atom. The Kier molecular flexibility index (Phi) is 4.93. The predicted molar refractivity (Wildman–Crippen MR) is 74.9 cm³/mol. The second-order valence-electron chi connectivity index (χ2n) is 4.38. The molecule has 1 N–H and O–H groups in total. The van der Waals surface area contributed by atoms with Crippen LogP contribution in [0, 0.1) is 5.82 Å². The zero-order chi connectivity index (χ0) is 13.5. The Balaban J connectivity index is 1.92. The second-order valence-corrected chi connectivity index (χ2v) is 4.38. The van der Waals surface area contributed by atoms with E-state index < -0.39 is 0 Å². The highest BCUT2D eigenvalue weighted by molar-refractivity contribution is 5.33. The van der Waals surface area contributed by atoms with Crippen LogP contribution in [-0.2, 0) is 6.54 Å².